The summed E-state index contributed by atoms with van der Waals surface area (Å²) >= 11 is 0. The zero-order valence-corrected chi connectivity index (χ0v) is 8.26. The maximum atomic E-state index is 0. The van der Waals surface area contributed by atoms with Gasteiger partial charge in [0, 0.05) is 37.1 Å². The first-order valence-corrected chi connectivity index (χ1v) is 0. The van der Waals surface area contributed by atoms with Gasteiger partial charge in [0.05, 0.1) is 0 Å². The van der Waals surface area contributed by atoms with E-state index in [9.17, 15) is 0 Å². The second kappa shape index (κ2) is 255. The Labute approximate surface area is 92.5 Å². The molecule has 0 aromatic carbocycles. The summed E-state index contributed by atoms with van der Waals surface area (Å²) < 4.78 is 0. The number of rotatable bonds is 0. The molecule has 6 nitrogen and oxygen atoms in total. The molecule has 0 saturated heterocycles. The fraction of sp³-hybridized carbons (Fsp3) is 0. The molecule has 0 aromatic heterocycles. The summed E-state index contributed by atoms with van der Waals surface area (Å²) in [4.78, 5) is 0. The van der Waals surface area contributed by atoms with E-state index in [2.05, 4.69) is 0 Å². The minimum absolute atomic E-state index is 0. The predicted octanol–water partition coefficient (Wildman–Crippen LogP) is -1.10. The third kappa shape index (κ3) is 200. The van der Waals surface area contributed by atoms with Crippen LogP contribution < -0.4 is 0 Å². The maximum absolute atomic E-state index is 0. The third-order valence-electron chi connectivity index (χ3n) is 0. The molecule has 0 rings (SSSR count). The van der Waals surface area contributed by atoms with Crippen LogP contribution in [0.4, 0.5) is 0 Å². The summed E-state index contributed by atoms with van der Waals surface area (Å²) in [5, 5.41) is 0. The van der Waals surface area contributed by atoms with Crippen LogP contribution in [0.2, 0.25) is 0 Å². The van der Waals surface area contributed by atoms with E-state index in [0.717, 1.165) is 0 Å². The first-order valence-electron chi connectivity index (χ1n) is 0. The summed E-state index contributed by atoms with van der Waals surface area (Å²) in [7, 11) is 0. The largest absolute Gasteiger partial charge is 2.00 e. The van der Waals surface area contributed by atoms with Crippen molar-refractivity contribution in [3.05, 3.63) is 0 Å². The first kappa shape index (κ1) is 350. The van der Waals surface area contributed by atoms with E-state index >= 15 is 0 Å². The van der Waals surface area contributed by atoms with Crippen molar-refractivity contribution >= 4 is 23.1 Å². The molecule has 0 unspecified atom stereocenters. The van der Waals surface area contributed by atoms with Gasteiger partial charge in [-0.1, -0.05) is 0 Å². The predicted molar refractivity (Wildman–Crippen MR) is 9.87 cm³/mol. The molecule has 58 valence electrons. The molecule has 0 spiro atoms. The molecule has 0 heterocycles. The molecule has 0 fully saturated rings. The Bertz CT molecular complexity index is 11.0. The van der Waals surface area contributed by atoms with Gasteiger partial charge in [0.2, 0.25) is 0 Å². The molecular weight excluding hydrogens is 222 g/mol. The van der Waals surface area contributed by atoms with E-state index in [1.807, 2.05) is 0 Å². The quantitative estimate of drug-likeness (QED) is 0.453. The van der Waals surface area contributed by atoms with Crippen molar-refractivity contribution in [2.24, 2.45) is 0 Å². The van der Waals surface area contributed by atoms with E-state index in [-0.39, 0.29) is 93.0 Å². The van der Waals surface area contributed by atoms with E-state index < -0.39 is 0 Å². The van der Waals surface area contributed by atoms with Crippen molar-refractivity contribution in [3.8, 4) is 0 Å². The average molecular weight is 222 g/mol. The molecule has 0 aliphatic rings. The third-order valence-corrected chi connectivity index (χ3v) is 0. The number of hydrogen-bond donors (Lipinski definition) is 0. The van der Waals surface area contributed by atoms with Gasteiger partial charge in [-0.3, -0.25) is 0 Å². The standard InChI is InChI=1S/Mg.6O.2V/q+2;6*-2;;. The van der Waals surface area contributed by atoms with Crippen LogP contribution in [0.3, 0.4) is 0 Å². The second-order valence-electron chi connectivity index (χ2n) is 0. The van der Waals surface area contributed by atoms with Crippen LogP contribution in [-0.4, -0.2) is 23.1 Å². The summed E-state index contributed by atoms with van der Waals surface area (Å²) in [5.41, 5.74) is 0. The van der Waals surface area contributed by atoms with Gasteiger partial charge in [0.15, 0.2) is 0 Å². The molecule has 0 aromatic rings. The Kier molecular flexibility index (Phi) is 9920. The minimum Gasteiger partial charge on any atom is -2.00 e. The van der Waals surface area contributed by atoms with E-state index in [4.69, 9.17) is 0 Å². The Morgan fingerprint density at radius 2 is 0.333 bits per heavy atom. The summed E-state index contributed by atoms with van der Waals surface area (Å²) in [6.45, 7) is 0. The minimum atomic E-state index is 0. The monoisotopic (exact) mass is 222 g/mol. The van der Waals surface area contributed by atoms with Gasteiger partial charge in [0.1, 0.15) is 0 Å². The molecule has 0 N–H and O–H groups in total. The fourth-order valence-electron chi connectivity index (χ4n) is 0. The van der Waals surface area contributed by atoms with Gasteiger partial charge in [-0.05, 0) is 0 Å². The summed E-state index contributed by atoms with van der Waals surface area (Å²) in [6, 6.07) is 0. The van der Waals surface area contributed by atoms with Gasteiger partial charge < -0.3 is 32.9 Å². The van der Waals surface area contributed by atoms with Crippen molar-refractivity contribution in [1.82, 2.24) is 0 Å². The van der Waals surface area contributed by atoms with Gasteiger partial charge in [-0.25, -0.2) is 0 Å². The van der Waals surface area contributed by atoms with Crippen molar-refractivity contribution < 1.29 is 70.0 Å². The molecular formula is MgO6V2-10. The molecule has 0 bridgehead atoms. The van der Waals surface area contributed by atoms with Crippen LogP contribution in [-0.2, 0) is 70.0 Å². The van der Waals surface area contributed by atoms with Crippen LogP contribution in [0.5, 0.6) is 0 Å². The van der Waals surface area contributed by atoms with Crippen LogP contribution in [0.15, 0.2) is 0 Å². The van der Waals surface area contributed by atoms with Crippen LogP contribution in [0.25, 0.3) is 0 Å². The van der Waals surface area contributed by atoms with Crippen molar-refractivity contribution in [1.29, 1.82) is 0 Å². The van der Waals surface area contributed by atoms with Crippen LogP contribution in [0, 0.1) is 0 Å². The van der Waals surface area contributed by atoms with Crippen molar-refractivity contribution in [2.45, 2.75) is 0 Å². The molecule has 2 radical (unpaired) electrons. The fourth-order valence-corrected chi connectivity index (χ4v) is 0. The van der Waals surface area contributed by atoms with E-state index in [1.54, 1.807) is 0 Å². The smallest absolute Gasteiger partial charge is 2.00 e. The van der Waals surface area contributed by atoms with E-state index in [0.29, 0.717) is 0 Å². The molecule has 0 saturated carbocycles. The normalized spacial score (nSPS) is 0. The van der Waals surface area contributed by atoms with Crippen LogP contribution >= 0.6 is 0 Å². The summed E-state index contributed by atoms with van der Waals surface area (Å²) in [6.07, 6.45) is 0. The Morgan fingerprint density at radius 3 is 0.333 bits per heavy atom. The molecule has 9 heteroatoms. The summed E-state index contributed by atoms with van der Waals surface area (Å²) in [5.74, 6) is 0. The van der Waals surface area contributed by atoms with Gasteiger partial charge >= 0.3 is 23.1 Å². The topological polar surface area (TPSA) is 171 Å². The zero-order valence-electron chi connectivity index (χ0n) is 4.05. The van der Waals surface area contributed by atoms with E-state index in [1.165, 1.54) is 0 Å². The molecule has 0 aliphatic carbocycles. The van der Waals surface area contributed by atoms with Crippen molar-refractivity contribution in [2.75, 3.05) is 0 Å². The van der Waals surface area contributed by atoms with Crippen molar-refractivity contribution in [3.63, 3.8) is 0 Å². The second-order valence-corrected chi connectivity index (χ2v) is 0. The Morgan fingerprint density at radius 1 is 0.333 bits per heavy atom. The zero-order chi connectivity index (χ0) is 0. The Balaban J connectivity index is 0. The molecule has 9 heavy (non-hydrogen) atoms. The maximum Gasteiger partial charge on any atom is 2.00 e. The average Bonchev–Trinajstić information content (AvgIpc) is 0. The van der Waals surface area contributed by atoms with Gasteiger partial charge in [-0.2, -0.15) is 0 Å². The molecule has 0 aliphatic heterocycles. The molecule has 0 atom stereocenters. The first-order chi connectivity index (χ1) is 0. The van der Waals surface area contributed by atoms with Gasteiger partial charge in [0.25, 0.3) is 0 Å². The Hall–Kier alpha value is 1.70. The number of hydrogen-bond acceptors (Lipinski definition) is 0. The van der Waals surface area contributed by atoms with Gasteiger partial charge in [-0.15, -0.1) is 0 Å². The SMILES string of the molecule is [Mg+2].[O-2].[O-2].[O-2].[O-2].[O-2].[O-2].[V].[V]. The van der Waals surface area contributed by atoms with Crippen LogP contribution in [0.1, 0.15) is 0 Å². The molecule has 0 amide bonds.